The van der Waals surface area contributed by atoms with Gasteiger partial charge < -0.3 is 9.84 Å². The van der Waals surface area contributed by atoms with Crippen LogP contribution in [0.25, 0.3) is 11.4 Å². The lowest BCUT2D eigenvalue weighted by atomic mass is 9.91. The fourth-order valence-electron chi connectivity index (χ4n) is 5.16. The number of nitrogens with one attached hydrogen (secondary N) is 1. The Balaban J connectivity index is 1.21. The van der Waals surface area contributed by atoms with Crippen LogP contribution < -0.4 is 5.32 Å². The molecule has 6 nitrogen and oxygen atoms in total. The van der Waals surface area contributed by atoms with Crippen molar-refractivity contribution >= 4 is 5.91 Å². The molecule has 6 heteroatoms. The summed E-state index contributed by atoms with van der Waals surface area (Å²) in [6, 6.07) is 24.6. The van der Waals surface area contributed by atoms with Gasteiger partial charge in [0.1, 0.15) is 0 Å². The lowest BCUT2D eigenvalue weighted by molar-refractivity contribution is -0.127. The lowest BCUT2D eigenvalue weighted by Gasteiger charge is -2.31. The van der Waals surface area contributed by atoms with Gasteiger partial charge in [-0.05, 0) is 69.5 Å². The van der Waals surface area contributed by atoms with Gasteiger partial charge in [0, 0.05) is 11.5 Å². The number of hydrogen-bond donors (Lipinski definition) is 1. The third kappa shape index (κ3) is 5.97. The fourth-order valence-corrected chi connectivity index (χ4v) is 5.16. The molecule has 5 rings (SSSR count). The summed E-state index contributed by atoms with van der Waals surface area (Å²) in [5.74, 6) is 1.33. The normalized spacial score (nSPS) is 15.4. The van der Waals surface area contributed by atoms with Gasteiger partial charge >= 0.3 is 0 Å². The van der Waals surface area contributed by atoms with Crippen LogP contribution in [0.2, 0.25) is 0 Å². The number of benzene rings is 3. The summed E-state index contributed by atoms with van der Waals surface area (Å²) in [5.41, 5.74) is 6.77. The van der Waals surface area contributed by atoms with Crippen LogP contribution in [0.3, 0.4) is 0 Å². The van der Waals surface area contributed by atoms with E-state index in [1.165, 1.54) is 11.1 Å². The molecule has 190 valence electrons. The summed E-state index contributed by atoms with van der Waals surface area (Å²) in [6.07, 6.45) is 1.61. The van der Waals surface area contributed by atoms with E-state index in [2.05, 4.69) is 83.6 Å². The zero-order valence-electron chi connectivity index (χ0n) is 21.8. The van der Waals surface area contributed by atoms with E-state index in [0.717, 1.165) is 48.2 Å². The molecule has 0 aliphatic carbocycles. The second-order valence-electron chi connectivity index (χ2n) is 10.1. The Morgan fingerprint density at radius 2 is 1.73 bits per heavy atom. The topological polar surface area (TPSA) is 71.3 Å². The number of carbonyl (C=O) groups is 1. The Bertz CT molecular complexity index is 1360. The van der Waals surface area contributed by atoms with E-state index in [1.807, 2.05) is 30.3 Å². The van der Waals surface area contributed by atoms with Crippen molar-refractivity contribution in [2.45, 2.75) is 46.2 Å². The summed E-state index contributed by atoms with van der Waals surface area (Å²) in [6.45, 7) is 8.50. The van der Waals surface area contributed by atoms with Crippen molar-refractivity contribution in [1.82, 2.24) is 20.4 Å². The molecule has 1 fully saturated rings. The monoisotopic (exact) mass is 494 g/mol. The van der Waals surface area contributed by atoms with Crippen molar-refractivity contribution in [2.24, 2.45) is 5.92 Å². The van der Waals surface area contributed by atoms with Gasteiger partial charge in [-0.1, -0.05) is 83.0 Å². The van der Waals surface area contributed by atoms with E-state index in [0.29, 0.717) is 18.3 Å². The minimum atomic E-state index is -0.161. The van der Waals surface area contributed by atoms with E-state index in [9.17, 15) is 4.79 Å². The van der Waals surface area contributed by atoms with Crippen LogP contribution in [0.15, 0.2) is 77.3 Å². The summed E-state index contributed by atoms with van der Waals surface area (Å²) in [5, 5.41) is 7.53. The Kier molecular flexibility index (Phi) is 7.47. The van der Waals surface area contributed by atoms with E-state index < -0.39 is 0 Å². The van der Waals surface area contributed by atoms with Crippen LogP contribution in [0.1, 0.15) is 52.6 Å². The molecule has 1 aliphatic rings. The van der Waals surface area contributed by atoms with Crippen LogP contribution in [-0.2, 0) is 11.3 Å². The van der Waals surface area contributed by atoms with Gasteiger partial charge in [-0.2, -0.15) is 4.98 Å². The van der Waals surface area contributed by atoms with E-state index in [-0.39, 0.29) is 17.9 Å². The molecule has 37 heavy (non-hydrogen) atoms. The van der Waals surface area contributed by atoms with Crippen molar-refractivity contribution in [3.63, 3.8) is 0 Å². The third-order valence-electron chi connectivity index (χ3n) is 7.22. The molecule has 4 aromatic rings. The number of rotatable bonds is 7. The molecular formula is C31H34N4O2. The largest absolute Gasteiger partial charge is 0.345 e. The van der Waals surface area contributed by atoms with Crippen molar-refractivity contribution in [3.05, 3.63) is 107 Å². The number of nitrogens with zero attached hydrogens (tertiary/aromatic N) is 3. The summed E-state index contributed by atoms with van der Waals surface area (Å²) < 4.78 is 5.52. The number of piperidine rings is 1. The van der Waals surface area contributed by atoms with Gasteiger partial charge in [0.15, 0.2) is 0 Å². The third-order valence-corrected chi connectivity index (χ3v) is 7.22. The molecular weight excluding hydrogens is 460 g/mol. The van der Waals surface area contributed by atoms with Gasteiger partial charge in [-0.3, -0.25) is 9.69 Å². The first-order chi connectivity index (χ1) is 18.0. The maximum Gasteiger partial charge on any atom is 0.241 e. The maximum absolute atomic E-state index is 13.4. The maximum atomic E-state index is 13.4. The fraction of sp³-hybridized carbons (Fsp3) is 0.323. The van der Waals surface area contributed by atoms with E-state index in [4.69, 9.17) is 4.52 Å². The number of amides is 1. The van der Waals surface area contributed by atoms with Crippen LogP contribution in [0, 0.1) is 26.7 Å². The standard InChI is InChI=1S/C31H34N4O2/c1-21-8-7-11-26(19-21)30-32-28(37-34-30)20-35-16-14-25(15-17-35)31(36)33-29(24-9-5-4-6-10-24)27-13-12-22(2)18-23(27)3/h4-13,18-19,25,29H,14-17,20H2,1-3H3,(H,33,36). The predicted molar refractivity (Wildman–Crippen MR) is 145 cm³/mol. The molecule has 1 aromatic heterocycles. The summed E-state index contributed by atoms with van der Waals surface area (Å²) in [7, 11) is 0. The number of hydrogen-bond acceptors (Lipinski definition) is 5. The first-order valence-corrected chi connectivity index (χ1v) is 13.0. The SMILES string of the molecule is Cc1cccc(-c2noc(CN3CCC(C(=O)NC(c4ccccc4)c4ccc(C)cc4C)CC3)n2)c1. The number of aromatic nitrogens is 2. The summed E-state index contributed by atoms with van der Waals surface area (Å²) >= 11 is 0. The van der Waals surface area contributed by atoms with Gasteiger partial charge in [0.25, 0.3) is 0 Å². The predicted octanol–water partition coefficient (Wildman–Crippen LogP) is 5.78. The molecule has 1 aliphatic heterocycles. The highest BCUT2D eigenvalue weighted by molar-refractivity contribution is 5.79. The summed E-state index contributed by atoms with van der Waals surface area (Å²) in [4.78, 5) is 20.3. The second-order valence-corrected chi connectivity index (χ2v) is 10.1. The molecule has 2 heterocycles. The van der Waals surface area contributed by atoms with Crippen LogP contribution in [-0.4, -0.2) is 34.0 Å². The van der Waals surface area contributed by atoms with Crippen molar-refractivity contribution in [1.29, 1.82) is 0 Å². The van der Waals surface area contributed by atoms with E-state index in [1.54, 1.807) is 0 Å². The van der Waals surface area contributed by atoms with Crippen LogP contribution in [0.5, 0.6) is 0 Å². The molecule has 0 bridgehead atoms. The first-order valence-electron chi connectivity index (χ1n) is 13.0. The number of aryl methyl sites for hydroxylation is 3. The molecule has 0 spiro atoms. The minimum absolute atomic E-state index is 0.0150. The minimum Gasteiger partial charge on any atom is -0.345 e. The highest BCUT2D eigenvalue weighted by Gasteiger charge is 2.28. The van der Waals surface area contributed by atoms with Gasteiger partial charge in [-0.15, -0.1) is 0 Å². The average Bonchev–Trinajstić information content (AvgIpc) is 3.37. The molecule has 0 saturated carbocycles. The smallest absolute Gasteiger partial charge is 0.241 e. The Morgan fingerprint density at radius 3 is 2.46 bits per heavy atom. The van der Waals surface area contributed by atoms with Crippen molar-refractivity contribution < 1.29 is 9.32 Å². The Labute approximate surface area is 218 Å². The molecule has 0 radical (unpaired) electrons. The Hall–Kier alpha value is -3.77. The van der Waals surface area contributed by atoms with E-state index >= 15 is 0 Å². The van der Waals surface area contributed by atoms with Crippen molar-refractivity contribution in [2.75, 3.05) is 13.1 Å². The van der Waals surface area contributed by atoms with Crippen molar-refractivity contribution in [3.8, 4) is 11.4 Å². The van der Waals surface area contributed by atoms with Gasteiger partial charge in [-0.25, -0.2) is 0 Å². The average molecular weight is 495 g/mol. The van der Waals surface area contributed by atoms with Crippen LogP contribution >= 0.6 is 0 Å². The molecule has 3 aromatic carbocycles. The molecule has 1 amide bonds. The number of likely N-dealkylation sites (tertiary alicyclic amines) is 1. The lowest BCUT2D eigenvalue weighted by Crippen LogP contribution is -2.41. The highest BCUT2D eigenvalue weighted by Crippen LogP contribution is 2.28. The highest BCUT2D eigenvalue weighted by atomic mass is 16.5. The van der Waals surface area contributed by atoms with Gasteiger partial charge in [0.05, 0.1) is 12.6 Å². The second kappa shape index (κ2) is 11.1. The zero-order valence-corrected chi connectivity index (χ0v) is 21.8. The van der Waals surface area contributed by atoms with Gasteiger partial charge in [0.2, 0.25) is 17.6 Å². The van der Waals surface area contributed by atoms with Crippen LogP contribution in [0.4, 0.5) is 0 Å². The number of carbonyl (C=O) groups excluding carboxylic acids is 1. The molecule has 1 atom stereocenters. The quantitative estimate of drug-likeness (QED) is 0.353. The molecule has 1 N–H and O–H groups in total. The molecule has 1 saturated heterocycles. The Morgan fingerprint density at radius 1 is 0.973 bits per heavy atom. The first kappa shape index (κ1) is 24.9. The zero-order chi connectivity index (χ0) is 25.8. The molecule has 1 unspecified atom stereocenters.